The molecule has 25 heavy (non-hydrogen) atoms. The highest BCUT2D eigenvalue weighted by Crippen LogP contribution is 2.28. The number of aromatic amines is 1. The number of anilines is 1. The second-order valence-corrected chi connectivity index (χ2v) is 6.52. The lowest BCUT2D eigenvalue weighted by Crippen LogP contribution is -2.23. The highest BCUT2D eigenvalue weighted by Gasteiger charge is 2.16. The van der Waals surface area contributed by atoms with Crippen molar-refractivity contribution < 1.29 is 12.0 Å². The molecule has 1 aliphatic heterocycles. The van der Waals surface area contributed by atoms with E-state index in [1.54, 1.807) is 18.5 Å². The number of nitrogens with zero attached hydrogens (tertiary/aromatic N) is 3. The van der Waals surface area contributed by atoms with Crippen LogP contribution >= 0.6 is 11.6 Å². The van der Waals surface area contributed by atoms with Crippen molar-refractivity contribution in [2.45, 2.75) is 12.8 Å². The molecule has 1 saturated heterocycles. The van der Waals surface area contributed by atoms with Gasteiger partial charge in [-0.15, -0.1) is 0 Å². The number of hydrogen-bond acceptors (Lipinski definition) is 5. The predicted octanol–water partition coefficient (Wildman–Crippen LogP) is 4.14. The summed E-state index contributed by atoms with van der Waals surface area (Å²) in [6.07, 6.45) is 6.45. The van der Waals surface area contributed by atoms with E-state index >= 15 is 0 Å². The first-order valence-corrected chi connectivity index (χ1v) is 8.55. The number of aromatic nitrogens is 4. The van der Waals surface area contributed by atoms with E-state index in [1.807, 2.05) is 0 Å². The molecule has 0 aromatic carbocycles. The van der Waals surface area contributed by atoms with Gasteiger partial charge in [-0.3, -0.25) is 0 Å². The van der Waals surface area contributed by atoms with Gasteiger partial charge in [0.15, 0.2) is 17.5 Å². The fourth-order valence-electron chi connectivity index (χ4n) is 2.98. The van der Waals surface area contributed by atoms with Gasteiger partial charge in [0, 0.05) is 46.0 Å². The van der Waals surface area contributed by atoms with Crippen LogP contribution in [0.4, 0.5) is 10.2 Å². The number of pyridine rings is 1. The second kappa shape index (κ2) is 6.93. The summed E-state index contributed by atoms with van der Waals surface area (Å²) in [5.41, 5.74) is 1.42. The van der Waals surface area contributed by atoms with Crippen LogP contribution in [0.25, 0.3) is 22.4 Å². The average molecular weight is 366 g/mol. The van der Waals surface area contributed by atoms with Crippen molar-refractivity contribution in [2.75, 3.05) is 25.1 Å². The number of ether oxygens (including phenoxy) is 1. The Kier molecular flexibility index (Phi) is 4.50. The molecule has 0 saturated carbocycles. The molecule has 8 heteroatoms. The monoisotopic (exact) mass is 365 g/mol. The van der Waals surface area contributed by atoms with Crippen LogP contribution in [-0.4, -0.2) is 39.7 Å². The first-order valence-electron chi connectivity index (χ1n) is 8.18. The molecule has 0 spiro atoms. The van der Waals surface area contributed by atoms with E-state index in [0.29, 0.717) is 29.0 Å². The molecule has 0 bridgehead atoms. The van der Waals surface area contributed by atoms with Crippen molar-refractivity contribution >= 4 is 28.5 Å². The van der Waals surface area contributed by atoms with Gasteiger partial charge >= 0.3 is 0 Å². The van der Waals surface area contributed by atoms with Gasteiger partial charge in [0.25, 0.3) is 0 Å². The first-order chi connectivity index (χ1) is 12.2. The molecule has 0 atom stereocenters. The Bertz CT molecular complexity index is 904. The molecule has 134 valence electrons. The fraction of sp³-hybridized carbons (Fsp3) is 0.353. The van der Waals surface area contributed by atoms with E-state index in [2.05, 4.69) is 25.3 Å². The molecule has 4 heterocycles. The molecule has 0 amide bonds. The number of H-pyrrole nitrogens is 1. The average Bonchev–Trinajstić information content (AvgIpc) is 3.05. The Balaban J connectivity index is 0.00000131. The minimum Gasteiger partial charge on any atom is -0.381 e. The summed E-state index contributed by atoms with van der Waals surface area (Å²) in [5, 5.41) is 4.43. The largest absolute Gasteiger partial charge is 0.381 e. The fourth-order valence-corrected chi connectivity index (χ4v) is 3.13. The molecule has 3 aromatic rings. The molecular weight excluding hydrogens is 345 g/mol. The van der Waals surface area contributed by atoms with E-state index in [4.69, 9.17) is 16.3 Å². The number of fused-ring (bicyclic) bond motifs is 1. The lowest BCUT2D eigenvalue weighted by atomic mass is 10.0. The standard InChI is InChI=1S/C17H17ClFN5O.2H2/c18-11-5-12-13(8-22-15(12)21-7-11)16-23-9-14(19)17(24-16)20-6-10-1-3-25-4-2-10;;/h5,7-10H,1-4,6H2,(H,21,22)(H,20,23,24);2*1H. The summed E-state index contributed by atoms with van der Waals surface area (Å²) in [5.74, 6) is 0.626. The van der Waals surface area contributed by atoms with Crippen LogP contribution < -0.4 is 5.32 Å². The maximum atomic E-state index is 14.1. The number of nitrogens with one attached hydrogen (secondary N) is 2. The zero-order chi connectivity index (χ0) is 17.2. The summed E-state index contributed by atoms with van der Waals surface area (Å²) in [6, 6.07) is 1.79. The zero-order valence-corrected chi connectivity index (χ0v) is 14.2. The van der Waals surface area contributed by atoms with Crippen LogP contribution in [0.1, 0.15) is 15.7 Å². The summed E-state index contributed by atoms with van der Waals surface area (Å²) >= 11 is 6.03. The Morgan fingerprint density at radius 3 is 3.00 bits per heavy atom. The van der Waals surface area contributed by atoms with Crippen molar-refractivity contribution in [1.29, 1.82) is 0 Å². The molecule has 1 fully saturated rings. The SMILES string of the molecule is Fc1cnc(-c2c[nH]c3ncc(Cl)cc23)nc1NCC1CCOCC1.[HH].[HH]. The van der Waals surface area contributed by atoms with Crippen LogP contribution in [0.15, 0.2) is 24.7 Å². The third-order valence-corrected chi connectivity index (χ3v) is 4.59. The predicted molar refractivity (Wildman–Crippen MR) is 98.3 cm³/mol. The smallest absolute Gasteiger partial charge is 0.183 e. The molecule has 3 aromatic heterocycles. The summed E-state index contributed by atoms with van der Waals surface area (Å²) in [7, 11) is 0. The van der Waals surface area contributed by atoms with E-state index in [9.17, 15) is 4.39 Å². The van der Waals surface area contributed by atoms with E-state index < -0.39 is 5.82 Å². The zero-order valence-electron chi connectivity index (χ0n) is 13.4. The molecule has 0 radical (unpaired) electrons. The normalized spacial score (nSPS) is 15.6. The minimum atomic E-state index is -0.466. The summed E-state index contributed by atoms with van der Waals surface area (Å²) in [4.78, 5) is 15.8. The van der Waals surface area contributed by atoms with Crippen LogP contribution in [0.2, 0.25) is 5.02 Å². The third kappa shape index (κ3) is 3.43. The number of halogens is 2. The topological polar surface area (TPSA) is 75.7 Å². The van der Waals surface area contributed by atoms with Gasteiger partial charge in [0.2, 0.25) is 0 Å². The van der Waals surface area contributed by atoms with Gasteiger partial charge < -0.3 is 15.0 Å². The van der Waals surface area contributed by atoms with Crippen LogP contribution in [0.5, 0.6) is 0 Å². The highest BCUT2D eigenvalue weighted by atomic mass is 35.5. The minimum absolute atomic E-state index is 0. The Morgan fingerprint density at radius 1 is 1.32 bits per heavy atom. The van der Waals surface area contributed by atoms with E-state index in [0.717, 1.165) is 37.0 Å². The third-order valence-electron chi connectivity index (χ3n) is 4.38. The van der Waals surface area contributed by atoms with Crippen LogP contribution in [0.3, 0.4) is 0 Å². The van der Waals surface area contributed by atoms with E-state index in [1.165, 1.54) is 6.20 Å². The van der Waals surface area contributed by atoms with Crippen molar-refractivity contribution in [1.82, 2.24) is 19.9 Å². The summed E-state index contributed by atoms with van der Waals surface area (Å²) in [6.45, 7) is 2.18. The molecule has 0 unspecified atom stereocenters. The first kappa shape index (κ1) is 16.2. The second-order valence-electron chi connectivity index (χ2n) is 6.08. The lowest BCUT2D eigenvalue weighted by Gasteiger charge is -2.22. The molecule has 0 aliphatic carbocycles. The molecule has 6 nitrogen and oxygen atoms in total. The van der Waals surface area contributed by atoms with Crippen molar-refractivity contribution in [2.24, 2.45) is 5.92 Å². The van der Waals surface area contributed by atoms with Crippen LogP contribution in [0, 0.1) is 11.7 Å². The Labute approximate surface area is 151 Å². The van der Waals surface area contributed by atoms with E-state index in [-0.39, 0.29) is 8.67 Å². The van der Waals surface area contributed by atoms with Crippen molar-refractivity contribution in [3.63, 3.8) is 0 Å². The lowest BCUT2D eigenvalue weighted by molar-refractivity contribution is 0.0699. The van der Waals surface area contributed by atoms with Gasteiger partial charge in [-0.1, -0.05) is 11.6 Å². The maximum absolute atomic E-state index is 14.1. The van der Waals surface area contributed by atoms with Gasteiger partial charge in [-0.05, 0) is 24.8 Å². The quantitative estimate of drug-likeness (QED) is 0.726. The van der Waals surface area contributed by atoms with Crippen molar-refractivity contribution in [3.05, 3.63) is 35.5 Å². The number of rotatable bonds is 4. The summed E-state index contributed by atoms with van der Waals surface area (Å²) < 4.78 is 19.4. The highest BCUT2D eigenvalue weighted by molar-refractivity contribution is 6.31. The molecule has 1 aliphatic rings. The van der Waals surface area contributed by atoms with Gasteiger partial charge in [-0.2, -0.15) is 0 Å². The molecular formula is C17H21ClFN5O. The molecule has 2 N–H and O–H groups in total. The van der Waals surface area contributed by atoms with Gasteiger partial charge in [0.05, 0.1) is 11.2 Å². The molecule has 4 rings (SSSR count). The van der Waals surface area contributed by atoms with Gasteiger partial charge in [-0.25, -0.2) is 19.3 Å². The Morgan fingerprint density at radius 2 is 2.16 bits per heavy atom. The van der Waals surface area contributed by atoms with Crippen molar-refractivity contribution in [3.8, 4) is 11.4 Å². The van der Waals surface area contributed by atoms with Gasteiger partial charge in [0.1, 0.15) is 5.65 Å². The maximum Gasteiger partial charge on any atom is 0.183 e. The number of hydrogen-bond donors (Lipinski definition) is 2. The van der Waals surface area contributed by atoms with Crippen LogP contribution in [-0.2, 0) is 4.74 Å². The Hall–Kier alpha value is -2.25.